The maximum atomic E-state index is 10.6. The molecule has 0 spiro atoms. The van der Waals surface area contributed by atoms with Crippen LogP contribution in [0.1, 0.15) is 17.4 Å². The molecule has 0 saturated carbocycles. The number of nitrogens with one attached hydrogen (secondary N) is 1. The van der Waals surface area contributed by atoms with E-state index in [0.29, 0.717) is 12.3 Å². The molecular formula is C14H14N2O2. The second kappa shape index (κ2) is 5.31. The van der Waals surface area contributed by atoms with Gasteiger partial charge in [0.05, 0.1) is 11.4 Å². The highest BCUT2D eigenvalue weighted by atomic mass is 16.5. The van der Waals surface area contributed by atoms with E-state index in [1.54, 1.807) is 6.07 Å². The first kappa shape index (κ1) is 12.1. The monoisotopic (exact) mass is 242 g/mol. The fourth-order valence-corrected chi connectivity index (χ4v) is 1.47. The van der Waals surface area contributed by atoms with Crippen molar-refractivity contribution in [3.63, 3.8) is 0 Å². The Morgan fingerprint density at radius 2 is 2.17 bits per heavy atom. The van der Waals surface area contributed by atoms with Crippen molar-refractivity contribution in [2.45, 2.75) is 6.92 Å². The highest BCUT2D eigenvalue weighted by Crippen LogP contribution is 2.21. The molecule has 92 valence electrons. The predicted octanol–water partition coefficient (Wildman–Crippen LogP) is 2.84. The molecule has 4 nitrogen and oxygen atoms in total. The molecule has 0 aliphatic rings. The molecule has 2 aromatic rings. The minimum Gasteiger partial charge on any atom is -0.489 e. The quantitative estimate of drug-likeness (QED) is 0.648. The first-order chi connectivity index (χ1) is 8.69. The summed E-state index contributed by atoms with van der Waals surface area (Å²) in [4.78, 5) is 10.6. The molecule has 4 heteroatoms. The van der Waals surface area contributed by atoms with Crippen molar-refractivity contribution in [3.05, 3.63) is 48.2 Å². The Morgan fingerprint density at radius 3 is 2.72 bits per heavy atom. The largest absolute Gasteiger partial charge is 0.489 e. The summed E-state index contributed by atoms with van der Waals surface area (Å²) in [7, 11) is 0. The molecule has 1 aromatic heterocycles. The van der Waals surface area contributed by atoms with E-state index < -0.39 is 0 Å². The van der Waals surface area contributed by atoms with Gasteiger partial charge in [-0.15, -0.1) is 0 Å². The number of carbonyl (C=O) groups is 1. The molecule has 0 radical (unpaired) electrons. The molecule has 18 heavy (non-hydrogen) atoms. The van der Waals surface area contributed by atoms with Crippen molar-refractivity contribution >= 4 is 6.29 Å². The molecule has 1 N–H and O–H groups in total. The molecular weight excluding hydrogens is 228 g/mol. The molecule has 1 heterocycles. The fraction of sp³-hybridized carbons (Fsp3) is 0.143. The van der Waals surface area contributed by atoms with Crippen LogP contribution < -0.4 is 4.74 Å². The minimum atomic E-state index is 0.465. The number of aromatic nitrogens is 2. The number of carbonyl (C=O) groups excluding carboxylic acids is 1. The van der Waals surface area contributed by atoms with Gasteiger partial charge in [0.25, 0.3) is 0 Å². The van der Waals surface area contributed by atoms with Gasteiger partial charge in [0.2, 0.25) is 0 Å². The Hall–Kier alpha value is -2.36. The smallest absolute Gasteiger partial charge is 0.167 e. The molecule has 0 amide bonds. The van der Waals surface area contributed by atoms with Gasteiger partial charge in [-0.2, -0.15) is 5.10 Å². The zero-order valence-electron chi connectivity index (χ0n) is 10.1. The lowest BCUT2D eigenvalue weighted by molar-refractivity contribution is 0.111. The highest BCUT2D eigenvalue weighted by molar-refractivity contribution is 5.75. The molecule has 2 rings (SSSR count). The number of H-pyrrole nitrogens is 1. The molecule has 0 saturated heterocycles. The standard InChI is InChI=1S/C14H14N2O2/c1-10(2)9-18-13-5-3-11(4-6-13)14-7-12(8-17)15-16-14/h3-8H,1,9H2,2H3,(H,15,16). The third kappa shape index (κ3) is 2.85. The molecule has 1 aromatic carbocycles. The average Bonchev–Trinajstić information content (AvgIpc) is 2.85. The highest BCUT2D eigenvalue weighted by Gasteiger charge is 2.03. The van der Waals surface area contributed by atoms with Gasteiger partial charge >= 0.3 is 0 Å². The van der Waals surface area contributed by atoms with Gasteiger partial charge in [-0.25, -0.2) is 0 Å². The molecule has 0 unspecified atom stereocenters. The van der Waals surface area contributed by atoms with E-state index in [1.807, 2.05) is 31.2 Å². The Labute approximate surface area is 105 Å². The summed E-state index contributed by atoms with van der Waals surface area (Å²) >= 11 is 0. The lowest BCUT2D eigenvalue weighted by atomic mass is 10.1. The average molecular weight is 242 g/mol. The van der Waals surface area contributed by atoms with Gasteiger partial charge in [-0.05, 0) is 42.8 Å². The molecule has 0 atom stereocenters. The first-order valence-corrected chi connectivity index (χ1v) is 5.57. The Bertz CT molecular complexity index is 555. The summed E-state index contributed by atoms with van der Waals surface area (Å²) in [5.74, 6) is 0.785. The van der Waals surface area contributed by atoms with Crippen molar-refractivity contribution in [1.29, 1.82) is 0 Å². The fourth-order valence-electron chi connectivity index (χ4n) is 1.47. The summed E-state index contributed by atoms with van der Waals surface area (Å²) < 4.78 is 5.50. The molecule has 0 bridgehead atoms. The van der Waals surface area contributed by atoms with Crippen LogP contribution in [-0.2, 0) is 0 Å². The van der Waals surface area contributed by atoms with Crippen molar-refractivity contribution in [2.75, 3.05) is 6.61 Å². The normalized spacial score (nSPS) is 10.1. The van der Waals surface area contributed by atoms with E-state index >= 15 is 0 Å². The first-order valence-electron chi connectivity index (χ1n) is 5.57. The van der Waals surface area contributed by atoms with Crippen molar-refractivity contribution in [2.24, 2.45) is 0 Å². The van der Waals surface area contributed by atoms with Crippen LogP contribution in [0.5, 0.6) is 5.75 Å². The Morgan fingerprint density at radius 1 is 1.44 bits per heavy atom. The van der Waals surface area contributed by atoms with Crippen LogP contribution in [0.4, 0.5) is 0 Å². The van der Waals surface area contributed by atoms with Crippen LogP contribution in [-0.4, -0.2) is 23.1 Å². The van der Waals surface area contributed by atoms with Crippen LogP contribution in [0, 0.1) is 0 Å². The topological polar surface area (TPSA) is 55.0 Å². The summed E-state index contributed by atoms with van der Waals surface area (Å²) in [6.07, 6.45) is 0.737. The maximum Gasteiger partial charge on any atom is 0.167 e. The summed E-state index contributed by atoms with van der Waals surface area (Å²) in [5, 5.41) is 6.70. The second-order valence-electron chi connectivity index (χ2n) is 4.10. The zero-order valence-corrected chi connectivity index (χ0v) is 10.1. The minimum absolute atomic E-state index is 0.465. The van der Waals surface area contributed by atoms with Gasteiger partial charge in [0.1, 0.15) is 12.4 Å². The van der Waals surface area contributed by atoms with Crippen LogP contribution in [0.3, 0.4) is 0 Å². The maximum absolute atomic E-state index is 10.6. The van der Waals surface area contributed by atoms with E-state index in [9.17, 15) is 4.79 Å². The number of nitrogens with zero attached hydrogens (tertiary/aromatic N) is 1. The third-order valence-corrected chi connectivity index (χ3v) is 2.36. The van der Waals surface area contributed by atoms with Crippen molar-refractivity contribution in [1.82, 2.24) is 10.2 Å². The number of benzene rings is 1. The second-order valence-corrected chi connectivity index (χ2v) is 4.10. The summed E-state index contributed by atoms with van der Waals surface area (Å²) in [6.45, 7) is 6.20. The van der Waals surface area contributed by atoms with Crippen LogP contribution >= 0.6 is 0 Å². The van der Waals surface area contributed by atoms with Gasteiger partial charge in [-0.3, -0.25) is 9.89 Å². The van der Waals surface area contributed by atoms with Crippen LogP contribution in [0.2, 0.25) is 0 Å². The van der Waals surface area contributed by atoms with E-state index in [0.717, 1.165) is 28.9 Å². The van der Waals surface area contributed by atoms with E-state index in [-0.39, 0.29) is 0 Å². The van der Waals surface area contributed by atoms with Crippen LogP contribution in [0.25, 0.3) is 11.3 Å². The predicted molar refractivity (Wildman–Crippen MR) is 69.7 cm³/mol. The van der Waals surface area contributed by atoms with E-state index in [4.69, 9.17) is 4.74 Å². The molecule has 0 aliphatic carbocycles. The number of rotatable bonds is 5. The SMILES string of the molecule is C=C(C)COc1ccc(-c2cc(C=O)[nH]n2)cc1. The number of aromatic amines is 1. The van der Waals surface area contributed by atoms with E-state index in [2.05, 4.69) is 16.8 Å². The third-order valence-electron chi connectivity index (χ3n) is 2.36. The lowest BCUT2D eigenvalue weighted by Gasteiger charge is -2.05. The van der Waals surface area contributed by atoms with Gasteiger partial charge in [-0.1, -0.05) is 6.58 Å². The Balaban J connectivity index is 2.11. The number of hydrogen-bond donors (Lipinski definition) is 1. The number of hydrogen-bond acceptors (Lipinski definition) is 3. The number of ether oxygens (including phenoxy) is 1. The Kier molecular flexibility index (Phi) is 3.57. The summed E-state index contributed by atoms with van der Waals surface area (Å²) in [6, 6.07) is 9.24. The molecule has 0 fully saturated rings. The lowest BCUT2D eigenvalue weighted by Crippen LogP contribution is -1.97. The zero-order chi connectivity index (χ0) is 13.0. The van der Waals surface area contributed by atoms with Gasteiger partial charge in [0.15, 0.2) is 6.29 Å². The van der Waals surface area contributed by atoms with E-state index in [1.165, 1.54) is 0 Å². The number of aldehydes is 1. The van der Waals surface area contributed by atoms with Crippen molar-refractivity contribution in [3.8, 4) is 17.0 Å². The van der Waals surface area contributed by atoms with Crippen LogP contribution in [0.15, 0.2) is 42.5 Å². The van der Waals surface area contributed by atoms with Crippen molar-refractivity contribution < 1.29 is 9.53 Å². The van der Waals surface area contributed by atoms with Gasteiger partial charge < -0.3 is 4.74 Å². The van der Waals surface area contributed by atoms with Gasteiger partial charge in [0, 0.05) is 5.56 Å². The summed E-state index contributed by atoms with van der Waals surface area (Å²) in [5.41, 5.74) is 3.11. The molecule has 0 aliphatic heterocycles.